The Labute approximate surface area is 116 Å². The highest BCUT2D eigenvalue weighted by Crippen LogP contribution is 2.25. The topological polar surface area (TPSA) is 27.3 Å². The molecule has 0 amide bonds. The molecule has 19 heavy (non-hydrogen) atoms. The second-order valence-electron chi connectivity index (χ2n) is 5.88. The zero-order valence-corrected chi connectivity index (χ0v) is 11.9. The molecular formula is C16H25N3. The quantitative estimate of drug-likeness (QED) is 0.846. The summed E-state index contributed by atoms with van der Waals surface area (Å²) in [6, 6.07) is 10.2. The Balaban J connectivity index is 1.57. The summed E-state index contributed by atoms with van der Waals surface area (Å²) >= 11 is 0. The molecule has 0 aromatic heterocycles. The molecule has 1 unspecified atom stereocenters. The lowest BCUT2D eigenvalue weighted by molar-refractivity contribution is 0.313. The van der Waals surface area contributed by atoms with Crippen LogP contribution in [-0.4, -0.2) is 37.6 Å². The first-order chi connectivity index (χ1) is 9.34. The van der Waals surface area contributed by atoms with E-state index in [4.69, 9.17) is 0 Å². The average molecular weight is 259 g/mol. The molecule has 1 aliphatic carbocycles. The molecule has 2 aliphatic rings. The van der Waals surface area contributed by atoms with Crippen LogP contribution in [0.5, 0.6) is 0 Å². The van der Waals surface area contributed by atoms with Crippen molar-refractivity contribution in [3.05, 3.63) is 35.4 Å². The van der Waals surface area contributed by atoms with Crippen LogP contribution >= 0.6 is 0 Å². The molecule has 3 rings (SSSR count). The average Bonchev–Trinajstić information content (AvgIpc) is 3.26. The summed E-state index contributed by atoms with van der Waals surface area (Å²) in [6.45, 7) is 4.36. The third-order valence-electron chi connectivity index (χ3n) is 4.38. The highest BCUT2D eigenvalue weighted by molar-refractivity contribution is 5.30. The van der Waals surface area contributed by atoms with Gasteiger partial charge in [0.15, 0.2) is 0 Å². The maximum Gasteiger partial charge on any atom is 0.0336 e. The summed E-state index contributed by atoms with van der Waals surface area (Å²) < 4.78 is 0. The van der Waals surface area contributed by atoms with Crippen LogP contribution in [0.4, 0.5) is 0 Å². The fourth-order valence-corrected chi connectivity index (χ4v) is 2.99. The molecule has 2 N–H and O–H groups in total. The predicted octanol–water partition coefficient (Wildman–Crippen LogP) is 1.90. The molecule has 0 spiro atoms. The van der Waals surface area contributed by atoms with E-state index in [1.54, 1.807) is 0 Å². The molecule has 1 atom stereocenters. The molecule has 3 nitrogen and oxygen atoms in total. The summed E-state index contributed by atoms with van der Waals surface area (Å²) in [7, 11) is 2.25. The van der Waals surface area contributed by atoms with Crippen LogP contribution < -0.4 is 10.6 Å². The van der Waals surface area contributed by atoms with E-state index in [9.17, 15) is 0 Å². The van der Waals surface area contributed by atoms with Gasteiger partial charge < -0.3 is 15.5 Å². The van der Waals surface area contributed by atoms with E-state index >= 15 is 0 Å². The van der Waals surface area contributed by atoms with Crippen LogP contribution in [-0.2, 0) is 6.54 Å². The first-order valence-electron chi connectivity index (χ1n) is 7.57. The van der Waals surface area contributed by atoms with Crippen molar-refractivity contribution >= 4 is 0 Å². The molecular weight excluding hydrogens is 234 g/mol. The first kappa shape index (κ1) is 13.1. The van der Waals surface area contributed by atoms with Gasteiger partial charge in [0.25, 0.3) is 0 Å². The molecule has 1 fully saturated rings. The van der Waals surface area contributed by atoms with Gasteiger partial charge in [-0.1, -0.05) is 24.3 Å². The van der Waals surface area contributed by atoms with Crippen LogP contribution in [0.2, 0.25) is 0 Å². The molecule has 1 aromatic rings. The fourth-order valence-electron chi connectivity index (χ4n) is 2.99. The standard InChI is InChI=1S/C16H25N3/c1-19(14-6-7-14)11-10-18-16-8-9-17-12-13-4-2-3-5-15(13)16/h2-5,14,16-18H,6-12H2,1H3. The number of fused-ring (bicyclic) bond motifs is 1. The van der Waals surface area contributed by atoms with E-state index in [2.05, 4.69) is 46.8 Å². The van der Waals surface area contributed by atoms with Crippen molar-refractivity contribution in [2.75, 3.05) is 26.7 Å². The minimum Gasteiger partial charge on any atom is -0.313 e. The van der Waals surface area contributed by atoms with E-state index in [1.165, 1.54) is 30.4 Å². The molecule has 1 saturated carbocycles. The van der Waals surface area contributed by atoms with Crippen molar-refractivity contribution < 1.29 is 0 Å². The Morgan fingerprint density at radius 3 is 2.95 bits per heavy atom. The van der Waals surface area contributed by atoms with Crippen LogP contribution in [0.3, 0.4) is 0 Å². The first-order valence-corrected chi connectivity index (χ1v) is 7.57. The Morgan fingerprint density at radius 1 is 1.26 bits per heavy atom. The van der Waals surface area contributed by atoms with Crippen molar-refractivity contribution in [2.45, 2.75) is 37.9 Å². The van der Waals surface area contributed by atoms with Gasteiger partial charge in [0.2, 0.25) is 0 Å². The van der Waals surface area contributed by atoms with Gasteiger partial charge in [-0.3, -0.25) is 0 Å². The van der Waals surface area contributed by atoms with Gasteiger partial charge in [-0.05, 0) is 44.0 Å². The van der Waals surface area contributed by atoms with Crippen LogP contribution in [0, 0.1) is 0 Å². The van der Waals surface area contributed by atoms with Gasteiger partial charge in [0.1, 0.15) is 0 Å². The minimum atomic E-state index is 0.513. The summed E-state index contributed by atoms with van der Waals surface area (Å²) in [5.74, 6) is 0. The maximum atomic E-state index is 3.75. The molecule has 1 aromatic carbocycles. The maximum absolute atomic E-state index is 3.75. The van der Waals surface area contributed by atoms with Gasteiger partial charge in [-0.15, -0.1) is 0 Å². The van der Waals surface area contributed by atoms with Crippen LogP contribution in [0.15, 0.2) is 24.3 Å². The van der Waals surface area contributed by atoms with Gasteiger partial charge >= 0.3 is 0 Å². The third kappa shape index (κ3) is 3.35. The van der Waals surface area contributed by atoms with Crippen LogP contribution in [0.25, 0.3) is 0 Å². The lowest BCUT2D eigenvalue weighted by atomic mass is 9.99. The second kappa shape index (κ2) is 6.04. The summed E-state index contributed by atoms with van der Waals surface area (Å²) in [5, 5.41) is 7.26. The zero-order valence-electron chi connectivity index (χ0n) is 11.9. The lowest BCUT2D eigenvalue weighted by Gasteiger charge is -2.22. The van der Waals surface area contributed by atoms with Gasteiger partial charge in [0.05, 0.1) is 0 Å². The summed E-state index contributed by atoms with van der Waals surface area (Å²) in [5.41, 5.74) is 2.94. The molecule has 104 valence electrons. The minimum absolute atomic E-state index is 0.513. The van der Waals surface area contributed by atoms with Gasteiger partial charge in [0, 0.05) is 31.7 Å². The monoisotopic (exact) mass is 259 g/mol. The fraction of sp³-hybridized carbons (Fsp3) is 0.625. The SMILES string of the molecule is CN(CCNC1CCNCc2ccccc21)C1CC1. The highest BCUT2D eigenvalue weighted by Gasteiger charge is 2.25. The Kier molecular flexibility index (Phi) is 4.16. The Bertz CT molecular complexity index is 414. The van der Waals surface area contributed by atoms with E-state index in [1.807, 2.05) is 0 Å². The number of rotatable bonds is 5. The van der Waals surface area contributed by atoms with E-state index in [-0.39, 0.29) is 0 Å². The number of nitrogens with one attached hydrogen (secondary N) is 2. The van der Waals surface area contributed by atoms with Crippen molar-refractivity contribution in [3.63, 3.8) is 0 Å². The number of hydrogen-bond donors (Lipinski definition) is 2. The number of likely N-dealkylation sites (N-methyl/N-ethyl adjacent to an activating group) is 1. The number of benzene rings is 1. The molecule has 1 aliphatic heterocycles. The molecule has 0 bridgehead atoms. The molecule has 0 radical (unpaired) electrons. The van der Waals surface area contributed by atoms with E-state index in [0.29, 0.717) is 6.04 Å². The van der Waals surface area contributed by atoms with E-state index < -0.39 is 0 Å². The second-order valence-corrected chi connectivity index (χ2v) is 5.88. The normalized spacial score (nSPS) is 23.2. The van der Waals surface area contributed by atoms with E-state index in [0.717, 1.165) is 32.2 Å². The molecule has 3 heteroatoms. The van der Waals surface area contributed by atoms with Crippen LogP contribution in [0.1, 0.15) is 36.4 Å². The predicted molar refractivity (Wildman–Crippen MR) is 79.2 cm³/mol. The summed E-state index contributed by atoms with van der Waals surface area (Å²) in [6.07, 6.45) is 3.98. The molecule has 1 heterocycles. The van der Waals surface area contributed by atoms with Gasteiger partial charge in [-0.2, -0.15) is 0 Å². The summed E-state index contributed by atoms with van der Waals surface area (Å²) in [4.78, 5) is 2.49. The Morgan fingerprint density at radius 2 is 2.11 bits per heavy atom. The molecule has 0 saturated heterocycles. The Hall–Kier alpha value is -0.900. The zero-order chi connectivity index (χ0) is 13.1. The third-order valence-corrected chi connectivity index (χ3v) is 4.38. The lowest BCUT2D eigenvalue weighted by Crippen LogP contribution is -2.33. The number of hydrogen-bond acceptors (Lipinski definition) is 3. The number of nitrogens with zero attached hydrogens (tertiary/aromatic N) is 1. The van der Waals surface area contributed by atoms with Crippen molar-refractivity contribution in [2.24, 2.45) is 0 Å². The van der Waals surface area contributed by atoms with Crippen molar-refractivity contribution in [1.82, 2.24) is 15.5 Å². The van der Waals surface area contributed by atoms with Crippen molar-refractivity contribution in [3.8, 4) is 0 Å². The largest absolute Gasteiger partial charge is 0.313 e. The highest BCUT2D eigenvalue weighted by atomic mass is 15.2. The van der Waals surface area contributed by atoms with Crippen molar-refractivity contribution in [1.29, 1.82) is 0 Å². The van der Waals surface area contributed by atoms with Gasteiger partial charge in [-0.25, -0.2) is 0 Å². The smallest absolute Gasteiger partial charge is 0.0336 e.